The molecular weight excluding hydrogens is 226 g/mol. The molecule has 4 nitrogen and oxygen atoms in total. The highest BCUT2D eigenvalue weighted by Crippen LogP contribution is 2.24. The van der Waals surface area contributed by atoms with Crippen LogP contribution in [0.5, 0.6) is 0 Å². The van der Waals surface area contributed by atoms with E-state index < -0.39 is 0 Å². The van der Waals surface area contributed by atoms with Gasteiger partial charge in [-0.3, -0.25) is 4.79 Å². The van der Waals surface area contributed by atoms with E-state index >= 15 is 0 Å². The summed E-state index contributed by atoms with van der Waals surface area (Å²) in [5.41, 5.74) is 8.00. The molecule has 0 fully saturated rings. The van der Waals surface area contributed by atoms with E-state index in [0.717, 1.165) is 24.0 Å². The Morgan fingerprint density at radius 3 is 2.89 bits per heavy atom. The molecule has 0 radical (unpaired) electrons. The van der Waals surface area contributed by atoms with Crippen LogP contribution in [0.1, 0.15) is 30.4 Å². The first-order valence-corrected chi connectivity index (χ1v) is 6.05. The van der Waals surface area contributed by atoms with Crippen LogP contribution >= 0.6 is 0 Å². The van der Waals surface area contributed by atoms with Crippen LogP contribution in [0, 0.1) is 0 Å². The molecule has 2 heterocycles. The smallest absolute Gasteiger partial charge is 0.247 e. The molecule has 0 bridgehead atoms. The maximum atomic E-state index is 10.9. The quantitative estimate of drug-likeness (QED) is 0.863. The van der Waals surface area contributed by atoms with Gasteiger partial charge in [0.1, 0.15) is 5.82 Å². The zero-order chi connectivity index (χ0) is 13.0. The molecule has 18 heavy (non-hydrogen) atoms. The topological polar surface area (TPSA) is 71.8 Å². The van der Waals surface area contributed by atoms with Gasteiger partial charge in [0.05, 0.1) is 0 Å². The molecule has 0 aliphatic rings. The zero-order valence-corrected chi connectivity index (χ0v) is 10.4. The number of hydrogen-bond acceptors (Lipinski definition) is 3. The second kappa shape index (κ2) is 5.49. The van der Waals surface area contributed by atoms with Crippen molar-refractivity contribution in [3.8, 4) is 0 Å². The van der Waals surface area contributed by atoms with Gasteiger partial charge in [0.2, 0.25) is 5.56 Å². The van der Waals surface area contributed by atoms with Crippen LogP contribution in [0.25, 0.3) is 0 Å². The molecule has 0 saturated carbocycles. The van der Waals surface area contributed by atoms with Gasteiger partial charge in [0.25, 0.3) is 0 Å². The van der Waals surface area contributed by atoms with Crippen LogP contribution in [0.3, 0.4) is 0 Å². The fourth-order valence-corrected chi connectivity index (χ4v) is 1.98. The molecule has 4 heteroatoms. The molecule has 2 aromatic rings. The van der Waals surface area contributed by atoms with Crippen molar-refractivity contribution in [3.05, 3.63) is 58.1 Å². The predicted octanol–water partition coefficient (Wildman–Crippen LogP) is 2.09. The van der Waals surface area contributed by atoms with Crippen molar-refractivity contribution in [1.29, 1.82) is 0 Å². The first-order chi connectivity index (χ1) is 8.66. The van der Waals surface area contributed by atoms with E-state index in [9.17, 15) is 4.79 Å². The summed E-state index contributed by atoms with van der Waals surface area (Å²) >= 11 is 0. The van der Waals surface area contributed by atoms with Crippen molar-refractivity contribution in [2.75, 3.05) is 5.73 Å². The Morgan fingerprint density at radius 2 is 2.22 bits per heavy atom. The fraction of sp³-hybridized carbons (Fsp3) is 0.286. The van der Waals surface area contributed by atoms with Crippen LogP contribution in [0.2, 0.25) is 0 Å². The molecule has 0 aliphatic heterocycles. The van der Waals surface area contributed by atoms with Crippen molar-refractivity contribution < 1.29 is 0 Å². The summed E-state index contributed by atoms with van der Waals surface area (Å²) in [4.78, 5) is 17.7. The maximum Gasteiger partial charge on any atom is 0.247 e. The monoisotopic (exact) mass is 243 g/mol. The number of H-pyrrole nitrogens is 1. The van der Waals surface area contributed by atoms with Crippen molar-refractivity contribution in [1.82, 2.24) is 9.97 Å². The highest BCUT2D eigenvalue weighted by atomic mass is 16.1. The van der Waals surface area contributed by atoms with Crippen LogP contribution in [0.4, 0.5) is 5.82 Å². The summed E-state index contributed by atoms with van der Waals surface area (Å²) in [6.07, 6.45) is 5.35. The van der Waals surface area contributed by atoms with Crippen molar-refractivity contribution >= 4 is 5.82 Å². The summed E-state index contributed by atoms with van der Waals surface area (Å²) in [6.45, 7) is 2.14. The number of aromatic amines is 1. The van der Waals surface area contributed by atoms with Gasteiger partial charge in [-0.25, -0.2) is 4.98 Å². The summed E-state index contributed by atoms with van der Waals surface area (Å²) in [5, 5.41) is 0. The third-order valence-corrected chi connectivity index (χ3v) is 3.12. The van der Waals surface area contributed by atoms with Gasteiger partial charge in [0, 0.05) is 18.5 Å². The summed E-state index contributed by atoms with van der Waals surface area (Å²) in [7, 11) is 0. The highest BCUT2D eigenvalue weighted by Gasteiger charge is 2.09. The zero-order valence-electron chi connectivity index (χ0n) is 10.4. The number of nitrogens with zero attached hydrogens (tertiary/aromatic N) is 1. The van der Waals surface area contributed by atoms with E-state index in [-0.39, 0.29) is 5.56 Å². The first kappa shape index (κ1) is 12.4. The number of nitrogen functional groups attached to an aromatic ring is 1. The van der Waals surface area contributed by atoms with Gasteiger partial charge in [0.15, 0.2) is 0 Å². The molecule has 94 valence electrons. The molecule has 0 saturated heterocycles. The Balaban J connectivity index is 2.00. The molecule has 0 aromatic carbocycles. The molecule has 2 rings (SSSR count). The molecule has 3 N–H and O–H groups in total. The lowest BCUT2D eigenvalue weighted by molar-refractivity contribution is 0.678. The number of nitrogens with two attached hydrogens (primary N) is 1. The molecule has 2 aromatic heterocycles. The minimum absolute atomic E-state index is 0.0664. The summed E-state index contributed by atoms with van der Waals surface area (Å²) in [5.74, 6) is 0.956. The van der Waals surface area contributed by atoms with Crippen LogP contribution in [-0.2, 0) is 6.42 Å². The Hall–Kier alpha value is -2.10. The Kier molecular flexibility index (Phi) is 3.77. The molecular formula is C14H17N3O. The van der Waals surface area contributed by atoms with E-state index in [1.807, 2.05) is 18.2 Å². The number of aryl methyl sites for hydroxylation is 1. The van der Waals surface area contributed by atoms with Crippen LogP contribution < -0.4 is 11.3 Å². The maximum absolute atomic E-state index is 10.9. The molecule has 0 spiro atoms. The SMILES string of the molecule is C[C@H](CCc1ccc(=O)[nH]c1)c1cccnc1N. The Morgan fingerprint density at radius 1 is 1.39 bits per heavy atom. The summed E-state index contributed by atoms with van der Waals surface area (Å²) < 4.78 is 0. The lowest BCUT2D eigenvalue weighted by atomic mass is 9.95. The van der Waals surface area contributed by atoms with Crippen LogP contribution in [-0.4, -0.2) is 9.97 Å². The number of hydrogen-bond donors (Lipinski definition) is 2. The number of aromatic nitrogens is 2. The average Bonchev–Trinajstić information content (AvgIpc) is 2.38. The van der Waals surface area contributed by atoms with E-state index in [1.165, 1.54) is 0 Å². The second-order valence-corrected chi connectivity index (χ2v) is 4.48. The number of anilines is 1. The van der Waals surface area contributed by atoms with Gasteiger partial charge in [-0.1, -0.05) is 19.1 Å². The van der Waals surface area contributed by atoms with Gasteiger partial charge < -0.3 is 10.7 Å². The fourth-order valence-electron chi connectivity index (χ4n) is 1.98. The number of nitrogens with one attached hydrogen (secondary N) is 1. The van der Waals surface area contributed by atoms with E-state index in [0.29, 0.717) is 11.7 Å². The van der Waals surface area contributed by atoms with Gasteiger partial charge in [-0.15, -0.1) is 0 Å². The third-order valence-electron chi connectivity index (χ3n) is 3.12. The minimum Gasteiger partial charge on any atom is -0.383 e. The lowest BCUT2D eigenvalue weighted by Gasteiger charge is -2.13. The molecule has 0 unspecified atom stereocenters. The van der Waals surface area contributed by atoms with E-state index in [1.54, 1.807) is 18.5 Å². The third kappa shape index (κ3) is 2.97. The van der Waals surface area contributed by atoms with Gasteiger partial charge in [-0.2, -0.15) is 0 Å². The van der Waals surface area contributed by atoms with Gasteiger partial charge >= 0.3 is 0 Å². The number of pyridine rings is 2. The van der Waals surface area contributed by atoms with E-state index in [2.05, 4.69) is 16.9 Å². The Bertz CT molecular complexity index is 557. The van der Waals surface area contributed by atoms with Crippen molar-refractivity contribution in [2.24, 2.45) is 0 Å². The van der Waals surface area contributed by atoms with Crippen molar-refractivity contribution in [3.63, 3.8) is 0 Å². The Labute approximate surface area is 106 Å². The number of rotatable bonds is 4. The van der Waals surface area contributed by atoms with Crippen molar-refractivity contribution in [2.45, 2.75) is 25.7 Å². The molecule has 1 atom stereocenters. The lowest BCUT2D eigenvalue weighted by Crippen LogP contribution is -2.05. The van der Waals surface area contributed by atoms with Crippen LogP contribution in [0.15, 0.2) is 41.5 Å². The van der Waals surface area contributed by atoms with E-state index in [4.69, 9.17) is 5.73 Å². The standard InChI is InChI=1S/C14H17N3O/c1-10(12-3-2-8-16-14(12)15)4-5-11-6-7-13(18)17-9-11/h2-3,6-10H,4-5H2,1H3,(H2,15,16)(H,17,18)/t10-/m1/s1. The minimum atomic E-state index is -0.0664. The predicted molar refractivity (Wildman–Crippen MR) is 72.4 cm³/mol. The normalized spacial score (nSPS) is 12.3. The highest BCUT2D eigenvalue weighted by molar-refractivity contribution is 5.40. The largest absolute Gasteiger partial charge is 0.383 e. The molecule has 0 amide bonds. The second-order valence-electron chi connectivity index (χ2n) is 4.48. The average molecular weight is 243 g/mol. The van der Waals surface area contributed by atoms with Gasteiger partial charge in [-0.05, 0) is 36.0 Å². The first-order valence-electron chi connectivity index (χ1n) is 6.05. The molecule has 0 aliphatic carbocycles. The summed E-state index contributed by atoms with van der Waals surface area (Å²) in [6, 6.07) is 7.33.